The van der Waals surface area contributed by atoms with E-state index in [9.17, 15) is 14.0 Å². The van der Waals surface area contributed by atoms with Gasteiger partial charge < -0.3 is 15.9 Å². The number of hydrogen-bond acceptors (Lipinski definition) is 3. The van der Waals surface area contributed by atoms with Gasteiger partial charge in [0, 0.05) is 0 Å². The molecule has 0 amide bonds. The van der Waals surface area contributed by atoms with Crippen LogP contribution in [0.5, 0.6) is 0 Å². The number of carboxylic acid groups (broad SMARTS) is 2. The summed E-state index contributed by atoms with van der Waals surface area (Å²) in [5.41, 5.74) is 4.72. The van der Waals surface area contributed by atoms with Crippen LogP contribution in [-0.4, -0.2) is 22.2 Å². The Morgan fingerprint density at radius 2 is 1.93 bits per heavy atom. The minimum Gasteiger partial charge on any atom is -0.480 e. The van der Waals surface area contributed by atoms with Crippen molar-refractivity contribution in [2.24, 2.45) is 5.73 Å². The van der Waals surface area contributed by atoms with E-state index >= 15 is 0 Å². The summed E-state index contributed by atoms with van der Waals surface area (Å²) in [7, 11) is 0. The van der Waals surface area contributed by atoms with Crippen LogP contribution in [0.15, 0.2) is 18.2 Å². The zero-order valence-corrected chi connectivity index (χ0v) is 7.48. The monoisotopic (exact) mass is 213 g/mol. The van der Waals surface area contributed by atoms with E-state index in [1.807, 2.05) is 0 Å². The lowest BCUT2D eigenvalue weighted by molar-refractivity contribution is -0.138. The molecular formula is C9H8FNO4. The van der Waals surface area contributed by atoms with E-state index in [1.165, 1.54) is 6.07 Å². The molecule has 4 N–H and O–H groups in total. The molecule has 0 unspecified atom stereocenters. The second kappa shape index (κ2) is 4.05. The first-order valence-corrected chi connectivity index (χ1v) is 3.94. The molecule has 0 saturated carbocycles. The molecule has 15 heavy (non-hydrogen) atoms. The number of halogens is 1. The average molecular weight is 213 g/mol. The van der Waals surface area contributed by atoms with Gasteiger partial charge in [-0.05, 0) is 17.7 Å². The molecule has 1 aromatic rings. The zero-order chi connectivity index (χ0) is 11.6. The molecule has 0 bridgehead atoms. The van der Waals surface area contributed by atoms with E-state index in [1.54, 1.807) is 0 Å². The number of nitrogens with two attached hydrogens (primary N) is 1. The van der Waals surface area contributed by atoms with E-state index in [-0.39, 0.29) is 5.56 Å². The van der Waals surface area contributed by atoms with Crippen LogP contribution in [-0.2, 0) is 4.79 Å². The molecule has 0 aliphatic heterocycles. The van der Waals surface area contributed by atoms with Gasteiger partial charge in [0.15, 0.2) is 0 Å². The van der Waals surface area contributed by atoms with Crippen molar-refractivity contribution in [1.29, 1.82) is 0 Å². The number of rotatable bonds is 3. The van der Waals surface area contributed by atoms with Crippen molar-refractivity contribution >= 4 is 11.9 Å². The Morgan fingerprint density at radius 1 is 1.33 bits per heavy atom. The van der Waals surface area contributed by atoms with Crippen molar-refractivity contribution in [3.63, 3.8) is 0 Å². The van der Waals surface area contributed by atoms with Crippen LogP contribution in [0.1, 0.15) is 22.0 Å². The standard InChI is InChI=1S/C9H8FNO4/c10-6-3-4(7(11)9(14)15)1-2-5(6)8(12)13/h1-3,7H,11H2,(H,12,13)(H,14,15)/t7-/m0/s1. The van der Waals surface area contributed by atoms with Gasteiger partial charge in [-0.25, -0.2) is 9.18 Å². The minimum atomic E-state index is -1.41. The number of carbonyl (C=O) groups is 2. The summed E-state index contributed by atoms with van der Waals surface area (Å²) < 4.78 is 13.1. The SMILES string of the molecule is N[C@H](C(=O)O)c1ccc(C(=O)O)c(F)c1. The van der Waals surface area contributed by atoms with Crippen LogP contribution < -0.4 is 5.73 Å². The van der Waals surface area contributed by atoms with Crippen LogP contribution >= 0.6 is 0 Å². The molecule has 0 radical (unpaired) electrons. The number of benzene rings is 1. The Hall–Kier alpha value is -1.95. The lowest BCUT2D eigenvalue weighted by Gasteiger charge is -2.07. The van der Waals surface area contributed by atoms with Gasteiger partial charge in [-0.3, -0.25) is 4.79 Å². The lowest BCUT2D eigenvalue weighted by atomic mass is 10.1. The van der Waals surface area contributed by atoms with Gasteiger partial charge in [0.2, 0.25) is 0 Å². The van der Waals surface area contributed by atoms with Gasteiger partial charge in [-0.2, -0.15) is 0 Å². The van der Waals surface area contributed by atoms with Crippen molar-refractivity contribution in [2.75, 3.05) is 0 Å². The number of carboxylic acids is 2. The van der Waals surface area contributed by atoms with Crippen LogP contribution in [0.3, 0.4) is 0 Å². The summed E-state index contributed by atoms with van der Waals surface area (Å²) in [6.07, 6.45) is 0. The Kier molecular flexibility index (Phi) is 3.01. The zero-order valence-electron chi connectivity index (χ0n) is 7.48. The van der Waals surface area contributed by atoms with E-state index < -0.39 is 29.4 Å². The van der Waals surface area contributed by atoms with Crippen LogP contribution in [0.2, 0.25) is 0 Å². The van der Waals surface area contributed by atoms with Crippen molar-refractivity contribution < 1.29 is 24.2 Å². The molecule has 5 nitrogen and oxygen atoms in total. The Bertz CT molecular complexity index is 419. The molecule has 0 aliphatic carbocycles. The summed E-state index contributed by atoms with van der Waals surface area (Å²) in [5, 5.41) is 17.1. The first-order chi connectivity index (χ1) is 6.93. The maximum atomic E-state index is 13.1. The predicted octanol–water partition coefficient (Wildman–Crippen LogP) is 0.608. The van der Waals surface area contributed by atoms with E-state index in [2.05, 4.69) is 0 Å². The van der Waals surface area contributed by atoms with Crippen LogP contribution in [0.25, 0.3) is 0 Å². The second-order valence-electron chi connectivity index (χ2n) is 2.86. The molecule has 0 spiro atoms. The van der Waals surface area contributed by atoms with Crippen molar-refractivity contribution in [3.8, 4) is 0 Å². The van der Waals surface area contributed by atoms with Crippen LogP contribution in [0, 0.1) is 5.82 Å². The summed E-state index contributed by atoms with van der Waals surface area (Å²) in [4.78, 5) is 20.9. The fraction of sp³-hybridized carbons (Fsp3) is 0.111. The normalized spacial score (nSPS) is 12.1. The Morgan fingerprint density at radius 3 is 2.33 bits per heavy atom. The van der Waals surface area contributed by atoms with Gasteiger partial charge in [-0.1, -0.05) is 6.07 Å². The summed E-state index contributed by atoms with van der Waals surface area (Å²) in [6.45, 7) is 0. The molecule has 0 aliphatic rings. The molecule has 6 heteroatoms. The van der Waals surface area contributed by atoms with Gasteiger partial charge >= 0.3 is 11.9 Å². The highest BCUT2D eigenvalue weighted by atomic mass is 19.1. The van der Waals surface area contributed by atoms with Gasteiger partial charge in [0.05, 0.1) is 5.56 Å². The largest absolute Gasteiger partial charge is 0.480 e. The number of aromatic carboxylic acids is 1. The summed E-state index contributed by atoms with van der Waals surface area (Å²) in [6, 6.07) is 1.60. The third kappa shape index (κ3) is 2.29. The highest BCUT2D eigenvalue weighted by Gasteiger charge is 2.17. The van der Waals surface area contributed by atoms with E-state index in [4.69, 9.17) is 15.9 Å². The van der Waals surface area contributed by atoms with E-state index in [0.717, 1.165) is 12.1 Å². The van der Waals surface area contributed by atoms with Crippen LogP contribution in [0.4, 0.5) is 4.39 Å². The van der Waals surface area contributed by atoms with Crippen molar-refractivity contribution in [1.82, 2.24) is 0 Å². The molecule has 1 rings (SSSR count). The van der Waals surface area contributed by atoms with Gasteiger partial charge in [0.25, 0.3) is 0 Å². The highest BCUT2D eigenvalue weighted by Crippen LogP contribution is 2.15. The highest BCUT2D eigenvalue weighted by molar-refractivity contribution is 5.88. The van der Waals surface area contributed by atoms with Gasteiger partial charge in [-0.15, -0.1) is 0 Å². The quantitative estimate of drug-likeness (QED) is 0.682. The Labute approximate surface area is 83.9 Å². The first kappa shape index (κ1) is 11.1. The van der Waals surface area contributed by atoms with E-state index in [0.29, 0.717) is 0 Å². The fourth-order valence-electron chi connectivity index (χ4n) is 1.04. The summed E-state index contributed by atoms with van der Waals surface area (Å²) in [5.74, 6) is -3.72. The van der Waals surface area contributed by atoms with Gasteiger partial charge in [0.1, 0.15) is 11.9 Å². The third-order valence-electron chi connectivity index (χ3n) is 1.85. The molecule has 0 saturated heterocycles. The summed E-state index contributed by atoms with van der Waals surface area (Å²) >= 11 is 0. The Balaban J connectivity index is 3.12. The molecule has 0 heterocycles. The van der Waals surface area contributed by atoms with Crippen molar-refractivity contribution in [2.45, 2.75) is 6.04 Å². The molecule has 80 valence electrons. The third-order valence-corrected chi connectivity index (χ3v) is 1.85. The number of hydrogen-bond donors (Lipinski definition) is 3. The second-order valence-corrected chi connectivity index (χ2v) is 2.86. The molecule has 0 fully saturated rings. The topological polar surface area (TPSA) is 101 Å². The smallest absolute Gasteiger partial charge is 0.338 e. The lowest BCUT2D eigenvalue weighted by Crippen LogP contribution is -2.21. The minimum absolute atomic E-state index is 0.0185. The maximum Gasteiger partial charge on any atom is 0.338 e. The maximum absolute atomic E-state index is 13.1. The first-order valence-electron chi connectivity index (χ1n) is 3.94. The molecular weight excluding hydrogens is 205 g/mol. The fourth-order valence-corrected chi connectivity index (χ4v) is 1.04. The molecule has 0 aromatic heterocycles. The number of aliphatic carboxylic acids is 1. The predicted molar refractivity (Wildman–Crippen MR) is 47.9 cm³/mol. The molecule has 1 atom stereocenters. The molecule has 1 aromatic carbocycles. The average Bonchev–Trinajstić information content (AvgIpc) is 2.15. The van der Waals surface area contributed by atoms with Crippen molar-refractivity contribution in [3.05, 3.63) is 35.1 Å².